The average Bonchev–Trinajstić information content (AvgIpc) is 3.22. The highest BCUT2D eigenvalue weighted by atomic mass is 16.6. The molecule has 2 aliphatic heterocycles. The Morgan fingerprint density at radius 2 is 1.59 bits per heavy atom. The number of aldehydes is 1. The zero-order chi connectivity index (χ0) is 32.2. The first-order chi connectivity index (χ1) is 20.8. The third kappa shape index (κ3) is 6.96. The van der Waals surface area contributed by atoms with E-state index in [1.165, 1.54) is 24.1 Å². The summed E-state index contributed by atoms with van der Waals surface area (Å²) in [6.45, 7) is 6.50. The summed E-state index contributed by atoms with van der Waals surface area (Å²) in [6.07, 6.45) is -0.391. The van der Waals surface area contributed by atoms with Crippen molar-refractivity contribution < 1.29 is 43.3 Å². The van der Waals surface area contributed by atoms with Crippen molar-refractivity contribution in [2.45, 2.75) is 77.3 Å². The van der Waals surface area contributed by atoms with E-state index < -0.39 is 65.9 Å². The summed E-state index contributed by atoms with van der Waals surface area (Å²) in [5.41, 5.74) is 0.0138. The van der Waals surface area contributed by atoms with Gasteiger partial charge in [0.25, 0.3) is 11.8 Å². The Balaban J connectivity index is 1.79. The standard InChI is InChI=1S/C32H37N3O9/c1-20(17-26(37)38)27(34-28(39)22-13-8-9-14-23(22)29(34)40)25(18-36)35-24(30(41)44-32(2,3)4)15-10-16-33(35)31(42)43-19-21-11-6-5-7-12-21/h5-9,11-14,18,20,24-25,27H,10,15-17,19H2,1-4H3,(H,37,38). The van der Waals surface area contributed by atoms with Crippen LogP contribution in [-0.2, 0) is 30.5 Å². The lowest BCUT2D eigenvalue weighted by Crippen LogP contribution is -2.68. The van der Waals surface area contributed by atoms with Gasteiger partial charge >= 0.3 is 18.0 Å². The van der Waals surface area contributed by atoms with Gasteiger partial charge < -0.3 is 19.4 Å². The summed E-state index contributed by atoms with van der Waals surface area (Å²) < 4.78 is 11.2. The molecule has 0 spiro atoms. The Bertz CT molecular complexity index is 1390. The molecule has 0 radical (unpaired) electrons. The van der Waals surface area contributed by atoms with Crippen molar-refractivity contribution in [2.24, 2.45) is 5.92 Å². The van der Waals surface area contributed by atoms with E-state index in [1.807, 2.05) is 6.07 Å². The van der Waals surface area contributed by atoms with Crippen molar-refractivity contribution in [3.63, 3.8) is 0 Å². The Kier molecular flexibility index (Phi) is 9.83. The number of carboxylic acids is 1. The molecule has 1 saturated heterocycles. The number of imide groups is 1. The maximum absolute atomic E-state index is 13.6. The number of hydrogen-bond donors (Lipinski definition) is 1. The zero-order valence-electron chi connectivity index (χ0n) is 25.2. The van der Waals surface area contributed by atoms with Gasteiger partial charge in [-0.1, -0.05) is 49.4 Å². The normalized spacial score (nSPS) is 19.1. The average molecular weight is 608 g/mol. The topological polar surface area (TPSA) is 151 Å². The highest BCUT2D eigenvalue weighted by Crippen LogP contribution is 2.34. The lowest BCUT2D eigenvalue weighted by molar-refractivity contribution is -0.181. The van der Waals surface area contributed by atoms with Crippen LogP contribution in [0, 0.1) is 5.92 Å². The van der Waals surface area contributed by atoms with Crippen LogP contribution in [0.2, 0.25) is 0 Å². The number of benzene rings is 2. The number of esters is 1. The van der Waals surface area contributed by atoms with E-state index in [0.29, 0.717) is 18.3 Å². The van der Waals surface area contributed by atoms with Crippen LogP contribution in [0.1, 0.15) is 73.2 Å². The zero-order valence-corrected chi connectivity index (χ0v) is 25.2. The third-order valence-corrected chi connectivity index (χ3v) is 7.54. The van der Waals surface area contributed by atoms with Gasteiger partial charge in [-0.15, -0.1) is 0 Å². The second kappa shape index (κ2) is 13.4. The summed E-state index contributed by atoms with van der Waals surface area (Å²) in [5.74, 6) is -4.32. The number of fused-ring (bicyclic) bond motifs is 1. The van der Waals surface area contributed by atoms with Gasteiger partial charge in [0.15, 0.2) is 0 Å². The minimum absolute atomic E-state index is 0.0550. The van der Waals surface area contributed by atoms with Gasteiger partial charge in [-0.25, -0.2) is 9.80 Å². The Labute approximate surface area is 255 Å². The summed E-state index contributed by atoms with van der Waals surface area (Å²) in [4.78, 5) is 80.4. The third-order valence-electron chi connectivity index (χ3n) is 7.54. The van der Waals surface area contributed by atoms with Crippen LogP contribution >= 0.6 is 0 Å². The molecule has 12 heteroatoms. The SMILES string of the molecule is CC(CC(=O)O)C(C(C=O)N1C(C(=O)OC(C)(C)C)CCCN1C(=O)OCc1ccccc1)N1C(=O)c2ccccc2C1=O. The molecule has 2 aromatic carbocycles. The van der Waals surface area contributed by atoms with Gasteiger partial charge in [0.2, 0.25) is 0 Å². The molecule has 1 N–H and O–H groups in total. The molecule has 2 aliphatic rings. The molecule has 3 amide bonds. The summed E-state index contributed by atoms with van der Waals surface area (Å²) in [6, 6.07) is 11.0. The van der Waals surface area contributed by atoms with E-state index in [2.05, 4.69) is 0 Å². The minimum atomic E-state index is -1.51. The van der Waals surface area contributed by atoms with Gasteiger partial charge in [0.05, 0.1) is 17.2 Å². The Morgan fingerprint density at radius 3 is 2.14 bits per heavy atom. The van der Waals surface area contributed by atoms with Crippen molar-refractivity contribution in [3.8, 4) is 0 Å². The molecular weight excluding hydrogens is 570 g/mol. The van der Waals surface area contributed by atoms with E-state index in [0.717, 1.165) is 9.91 Å². The van der Waals surface area contributed by atoms with Crippen molar-refractivity contribution in [1.82, 2.24) is 14.9 Å². The van der Waals surface area contributed by atoms with E-state index in [1.54, 1.807) is 57.2 Å². The number of aliphatic carboxylic acids is 1. The van der Waals surface area contributed by atoms with Crippen LogP contribution in [-0.4, -0.2) is 86.4 Å². The molecule has 234 valence electrons. The number of amides is 3. The highest BCUT2D eigenvalue weighted by molar-refractivity contribution is 6.21. The molecule has 0 aliphatic carbocycles. The van der Waals surface area contributed by atoms with E-state index >= 15 is 0 Å². The van der Waals surface area contributed by atoms with Crippen LogP contribution < -0.4 is 0 Å². The summed E-state index contributed by atoms with van der Waals surface area (Å²) in [7, 11) is 0. The quantitative estimate of drug-likeness (QED) is 0.241. The first kappa shape index (κ1) is 32.3. The van der Waals surface area contributed by atoms with Crippen molar-refractivity contribution in [3.05, 3.63) is 71.3 Å². The molecule has 12 nitrogen and oxygen atoms in total. The molecule has 4 atom stereocenters. The fourth-order valence-electron chi connectivity index (χ4n) is 5.71. The number of nitrogens with zero attached hydrogens (tertiary/aromatic N) is 3. The lowest BCUT2D eigenvalue weighted by Gasteiger charge is -2.49. The monoisotopic (exact) mass is 607 g/mol. The predicted octanol–water partition coefficient (Wildman–Crippen LogP) is 3.69. The number of hydrazine groups is 1. The first-order valence-electron chi connectivity index (χ1n) is 14.5. The molecular formula is C32H37N3O9. The van der Waals surface area contributed by atoms with Crippen molar-refractivity contribution >= 4 is 36.1 Å². The summed E-state index contributed by atoms with van der Waals surface area (Å²) >= 11 is 0. The maximum Gasteiger partial charge on any atom is 0.424 e. The minimum Gasteiger partial charge on any atom is -0.481 e. The summed E-state index contributed by atoms with van der Waals surface area (Å²) in [5, 5.41) is 12.0. The molecule has 0 aromatic heterocycles. The second-order valence-electron chi connectivity index (χ2n) is 12.0. The van der Waals surface area contributed by atoms with E-state index in [4.69, 9.17) is 9.47 Å². The fourth-order valence-corrected chi connectivity index (χ4v) is 5.71. The number of ether oxygens (including phenoxy) is 2. The molecule has 0 saturated carbocycles. The first-order valence-corrected chi connectivity index (χ1v) is 14.5. The number of carbonyl (C=O) groups excluding carboxylic acids is 5. The second-order valence-corrected chi connectivity index (χ2v) is 12.0. The number of carbonyl (C=O) groups is 6. The molecule has 44 heavy (non-hydrogen) atoms. The molecule has 2 aromatic rings. The Morgan fingerprint density at radius 1 is 1.00 bits per heavy atom. The number of carboxylic acid groups (broad SMARTS) is 1. The Hall–Kier alpha value is -4.58. The van der Waals surface area contributed by atoms with Gasteiger partial charge in [0.1, 0.15) is 30.6 Å². The van der Waals surface area contributed by atoms with Crippen LogP contribution in [0.4, 0.5) is 4.79 Å². The smallest absolute Gasteiger partial charge is 0.424 e. The van der Waals surface area contributed by atoms with Gasteiger partial charge in [0, 0.05) is 13.0 Å². The van der Waals surface area contributed by atoms with Gasteiger partial charge in [-0.3, -0.25) is 24.1 Å². The van der Waals surface area contributed by atoms with E-state index in [9.17, 15) is 33.9 Å². The molecule has 0 bridgehead atoms. The highest BCUT2D eigenvalue weighted by Gasteiger charge is 2.52. The van der Waals surface area contributed by atoms with Crippen molar-refractivity contribution in [2.75, 3.05) is 6.54 Å². The van der Waals surface area contributed by atoms with Gasteiger partial charge in [-0.2, -0.15) is 5.01 Å². The molecule has 4 rings (SSSR count). The van der Waals surface area contributed by atoms with Crippen molar-refractivity contribution in [1.29, 1.82) is 0 Å². The largest absolute Gasteiger partial charge is 0.481 e. The van der Waals surface area contributed by atoms with Crippen LogP contribution in [0.15, 0.2) is 54.6 Å². The maximum atomic E-state index is 13.6. The fraction of sp³-hybridized carbons (Fsp3) is 0.438. The van der Waals surface area contributed by atoms with Gasteiger partial charge in [-0.05, 0) is 57.2 Å². The number of hydrogen-bond acceptors (Lipinski definition) is 9. The van der Waals surface area contributed by atoms with Crippen LogP contribution in [0.25, 0.3) is 0 Å². The predicted molar refractivity (Wildman–Crippen MR) is 156 cm³/mol. The molecule has 2 heterocycles. The molecule has 4 unspecified atom stereocenters. The van der Waals surface area contributed by atoms with Crippen LogP contribution in [0.5, 0.6) is 0 Å². The lowest BCUT2D eigenvalue weighted by atomic mass is 9.89. The van der Waals surface area contributed by atoms with Crippen LogP contribution in [0.3, 0.4) is 0 Å². The van der Waals surface area contributed by atoms with E-state index in [-0.39, 0.29) is 30.7 Å². The molecule has 1 fully saturated rings. The number of rotatable bonds is 10.